The lowest BCUT2D eigenvalue weighted by Gasteiger charge is -2.13. The Morgan fingerprint density at radius 1 is 1.32 bits per heavy atom. The van der Waals surface area contributed by atoms with Crippen LogP contribution >= 0.6 is 11.8 Å². The number of thioether (sulfide) groups is 1. The average molecular weight is 363 g/mol. The summed E-state index contributed by atoms with van der Waals surface area (Å²) >= 11 is 1.16. The number of fused-ring (bicyclic) bond motifs is 1. The lowest BCUT2D eigenvalue weighted by molar-refractivity contribution is -0.113. The molecule has 25 heavy (non-hydrogen) atoms. The fraction of sp³-hybridized carbons (Fsp3) is 0.333. The van der Waals surface area contributed by atoms with Gasteiger partial charge in [-0.15, -0.1) is 10.2 Å². The molecule has 2 heterocycles. The maximum atomic E-state index is 12.2. The Hall–Kier alpha value is -2.75. The van der Waals surface area contributed by atoms with Gasteiger partial charge in [-0.1, -0.05) is 16.9 Å². The Morgan fingerprint density at radius 3 is 2.92 bits per heavy atom. The quantitative estimate of drug-likeness (QED) is 0.608. The Morgan fingerprint density at radius 2 is 2.16 bits per heavy atom. The van der Waals surface area contributed by atoms with Crippen LogP contribution in [0.2, 0.25) is 0 Å². The highest BCUT2D eigenvalue weighted by molar-refractivity contribution is 7.99. The summed E-state index contributed by atoms with van der Waals surface area (Å²) in [6.45, 7) is 4.81. The summed E-state index contributed by atoms with van der Waals surface area (Å²) in [7, 11) is 0. The van der Waals surface area contributed by atoms with Crippen LogP contribution in [-0.4, -0.2) is 44.7 Å². The van der Waals surface area contributed by atoms with E-state index in [0.717, 1.165) is 11.8 Å². The van der Waals surface area contributed by atoms with Crippen LogP contribution in [0.5, 0.6) is 11.5 Å². The maximum absolute atomic E-state index is 12.2. The highest BCUT2D eigenvalue weighted by Crippen LogP contribution is 2.30. The molecule has 2 aromatic heterocycles. The lowest BCUT2D eigenvalue weighted by Crippen LogP contribution is -2.15. The Labute approximate surface area is 147 Å². The number of benzene rings is 1. The van der Waals surface area contributed by atoms with E-state index in [9.17, 15) is 4.79 Å². The van der Waals surface area contributed by atoms with Gasteiger partial charge in [0.2, 0.25) is 5.91 Å². The summed E-state index contributed by atoms with van der Waals surface area (Å²) in [4.78, 5) is 12.2. The Bertz CT molecular complexity index is 834. The van der Waals surface area contributed by atoms with Crippen LogP contribution in [0.15, 0.2) is 34.2 Å². The number of anilines is 1. The van der Waals surface area contributed by atoms with E-state index in [1.807, 2.05) is 13.8 Å². The molecule has 0 fully saturated rings. The minimum Gasteiger partial charge on any atom is -0.494 e. The molecule has 1 amide bonds. The molecular weight excluding hydrogens is 346 g/mol. The highest BCUT2D eigenvalue weighted by Gasteiger charge is 2.13. The zero-order valence-electron chi connectivity index (χ0n) is 13.8. The number of nitrogens with zero attached hydrogens (tertiary/aromatic N) is 4. The molecule has 0 saturated heterocycles. The van der Waals surface area contributed by atoms with Gasteiger partial charge in [-0.25, -0.2) is 0 Å². The number of ether oxygens (including phenoxy) is 2. The maximum Gasteiger partial charge on any atom is 0.345 e. The second kappa shape index (κ2) is 7.88. The topological polar surface area (TPSA) is 104 Å². The molecule has 0 radical (unpaired) electrons. The Kier molecular flexibility index (Phi) is 5.39. The van der Waals surface area contributed by atoms with E-state index in [-0.39, 0.29) is 17.5 Å². The second-order valence-corrected chi connectivity index (χ2v) is 5.71. The van der Waals surface area contributed by atoms with Crippen molar-refractivity contribution in [2.45, 2.75) is 19.1 Å². The molecule has 0 aliphatic carbocycles. The van der Waals surface area contributed by atoms with E-state index in [1.54, 1.807) is 18.2 Å². The van der Waals surface area contributed by atoms with E-state index < -0.39 is 0 Å². The van der Waals surface area contributed by atoms with Gasteiger partial charge in [-0.3, -0.25) is 4.79 Å². The van der Waals surface area contributed by atoms with Gasteiger partial charge in [0.05, 0.1) is 24.7 Å². The number of nitrogens with one attached hydrogen (secondary N) is 1. The summed E-state index contributed by atoms with van der Waals surface area (Å²) in [5, 5.41) is 14.6. The van der Waals surface area contributed by atoms with E-state index in [1.165, 1.54) is 10.8 Å². The number of aromatic nitrogens is 4. The summed E-state index contributed by atoms with van der Waals surface area (Å²) in [5.41, 5.74) is 0.560. The minimum absolute atomic E-state index is 0.127. The monoisotopic (exact) mass is 363 g/mol. The molecule has 0 bridgehead atoms. The number of hydrogen-bond acceptors (Lipinski definition) is 8. The molecule has 0 aliphatic rings. The first-order valence-corrected chi connectivity index (χ1v) is 8.67. The van der Waals surface area contributed by atoms with Crippen molar-refractivity contribution in [3.8, 4) is 11.5 Å². The van der Waals surface area contributed by atoms with Crippen molar-refractivity contribution in [3.63, 3.8) is 0 Å². The molecule has 0 saturated carbocycles. The van der Waals surface area contributed by atoms with E-state index >= 15 is 0 Å². The van der Waals surface area contributed by atoms with Crippen LogP contribution in [0.25, 0.3) is 5.84 Å². The van der Waals surface area contributed by atoms with Gasteiger partial charge in [-0.2, -0.15) is 4.52 Å². The first-order chi connectivity index (χ1) is 12.2. The van der Waals surface area contributed by atoms with Crippen LogP contribution in [-0.2, 0) is 4.79 Å². The van der Waals surface area contributed by atoms with Crippen molar-refractivity contribution < 1.29 is 18.7 Å². The SMILES string of the molecule is CCOc1ccc(OCC)c(NC(=O)CSc2nn3cnnc3o2)c1. The minimum atomic E-state index is -0.214. The molecule has 1 N–H and O–H groups in total. The van der Waals surface area contributed by atoms with Crippen LogP contribution < -0.4 is 14.8 Å². The highest BCUT2D eigenvalue weighted by atomic mass is 32.2. The molecule has 132 valence electrons. The molecule has 3 rings (SSSR count). The molecule has 3 aromatic rings. The summed E-state index contributed by atoms with van der Waals surface area (Å²) in [6, 6.07) is 5.31. The van der Waals surface area contributed by atoms with Crippen molar-refractivity contribution >= 4 is 29.2 Å². The van der Waals surface area contributed by atoms with Crippen molar-refractivity contribution in [2.75, 3.05) is 24.3 Å². The molecule has 0 aliphatic heterocycles. The molecule has 1 aromatic carbocycles. The van der Waals surface area contributed by atoms with Crippen molar-refractivity contribution in [2.24, 2.45) is 0 Å². The van der Waals surface area contributed by atoms with Gasteiger partial charge in [0, 0.05) is 6.07 Å². The van der Waals surface area contributed by atoms with Gasteiger partial charge in [0.15, 0.2) is 0 Å². The number of carbonyl (C=O) groups is 1. The van der Waals surface area contributed by atoms with E-state index in [4.69, 9.17) is 13.9 Å². The normalized spacial score (nSPS) is 10.8. The standard InChI is InChI=1S/C15H17N5O4S/c1-3-22-10-5-6-12(23-4-2)11(7-10)17-13(21)8-25-15-19-20-9-16-18-14(20)24-15/h5-7,9H,3-4,8H2,1-2H3,(H,17,21). The first-order valence-electron chi connectivity index (χ1n) is 7.68. The number of rotatable bonds is 8. The van der Waals surface area contributed by atoms with Gasteiger partial charge < -0.3 is 19.2 Å². The summed E-state index contributed by atoms with van der Waals surface area (Å²) < 4.78 is 17.7. The van der Waals surface area contributed by atoms with Crippen LogP contribution in [0.3, 0.4) is 0 Å². The fourth-order valence-electron chi connectivity index (χ4n) is 2.06. The fourth-order valence-corrected chi connectivity index (χ4v) is 2.66. The van der Waals surface area contributed by atoms with E-state index in [0.29, 0.717) is 35.6 Å². The van der Waals surface area contributed by atoms with E-state index in [2.05, 4.69) is 20.6 Å². The smallest absolute Gasteiger partial charge is 0.345 e. The molecule has 10 heteroatoms. The zero-order chi connectivity index (χ0) is 17.6. The number of carbonyl (C=O) groups excluding carboxylic acids is 1. The molecule has 0 unspecified atom stereocenters. The van der Waals surface area contributed by atoms with Crippen molar-refractivity contribution in [3.05, 3.63) is 24.5 Å². The molecule has 0 spiro atoms. The van der Waals surface area contributed by atoms with Gasteiger partial charge >= 0.3 is 5.84 Å². The third-order valence-electron chi connectivity index (χ3n) is 3.03. The average Bonchev–Trinajstić information content (AvgIpc) is 3.17. The van der Waals surface area contributed by atoms with Gasteiger partial charge in [0.25, 0.3) is 5.22 Å². The van der Waals surface area contributed by atoms with Crippen LogP contribution in [0.4, 0.5) is 5.69 Å². The summed E-state index contributed by atoms with van der Waals surface area (Å²) in [5.74, 6) is 1.45. The van der Waals surface area contributed by atoms with Crippen LogP contribution in [0.1, 0.15) is 13.8 Å². The summed E-state index contributed by atoms with van der Waals surface area (Å²) in [6.07, 6.45) is 1.43. The Balaban J connectivity index is 1.64. The van der Waals surface area contributed by atoms with Gasteiger partial charge in [-0.05, 0) is 26.0 Å². The predicted octanol–water partition coefficient (Wildman–Crippen LogP) is 2.25. The van der Waals surface area contributed by atoms with Crippen LogP contribution in [0, 0.1) is 0 Å². The van der Waals surface area contributed by atoms with Crippen molar-refractivity contribution in [1.29, 1.82) is 0 Å². The first kappa shape index (κ1) is 17.1. The lowest BCUT2D eigenvalue weighted by atomic mass is 10.2. The number of hydrogen-bond donors (Lipinski definition) is 1. The molecule has 9 nitrogen and oxygen atoms in total. The van der Waals surface area contributed by atoms with Gasteiger partial charge in [0.1, 0.15) is 17.8 Å². The molecular formula is C15H17N5O4S. The zero-order valence-corrected chi connectivity index (χ0v) is 14.6. The largest absolute Gasteiger partial charge is 0.494 e. The number of amides is 1. The second-order valence-electron chi connectivity index (χ2n) is 4.79. The predicted molar refractivity (Wildman–Crippen MR) is 91.2 cm³/mol. The third-order valence-corrected chi connectivity index (χ3v) is 3.85. The molecule has 0 atom stereocenters. The van der Waals surface area contributed by atoms with Crippen molar-refractivity contribution in [1.82, 2.24) is 19.8 Å². The third kappa shape index (κ3) is 4.21.